The smallest absolute Gasteiger partial charge is 0.336 e. The van der Waals surface area contributed by atoms with Gasteiger partial charge in [-0.15, -0.1) is 0 Å². The van der Waals surface area contributed by atoms with Gasteiger partial charge in [-0.3, -0.25) is 4.72 Å². The first-order valence-corrected chi connectivity index (χ1v) is 7.19. The zero-order valence-corrected chi connectivity index (χ0v) is 12.2. The van der Waals surface area contributed by atoms with Crippen LogP contribution in [-0.4, -0.2) is 36.9 Å². The summed E-state index contributed by atoms with van der Waals surface area (Å²) in [4.78, 5) is 11.0. The molecule has 106 valence electrons. The Balaban J connectivity index is 3.07. The van der Waals surface area contributed by atoms with Gasteiger partial charge in [-0.25, -0.2) is 4.79 Å². The van der Waals surface area contributed by atoms with E-state index in [1.807, 2.05) is 0 Å². The Labute approximate surface area is 113 Å². The average Bonchev–Trinajstić information content (AvgIpc) is 2.29. The average molecular weight is 286 g/mol. The molecule has 0 aliphatic rings. The minimum absolute atomic E-state index is 0.0763. The number of aromatic carboxylic acids is 1. The summed E-state index contributed by atoms with van der Waals surface area (Å²) < 4.78 is 27.5. The number of nitrogens with one attached hydrogen (secondary N) is 1. The van der Waals surface area contributed by atoms with Crippen LogP contribution in [0, 0.1) is 6.92 Å². The zero-order chi connectivity index (χ0) is 14.8. The first-order chi connectivity index (χ1) is 8.65. The largest absolute Gasteiger partial charge is 0.478 e. The summed E-state index contributed by atoms with van der Waals surface area (Å²) in [5, 5.41) is 9.00. The highest BCUT2D eigenvalue weighted by molar-refractivity contribution is 7.90. The molecule has 0 saturated carbocycles. The van der Waals surface area contributed by atoms with Gasteiger partial charge in [0, 0.05) is 13.1 Å². The van der Waals surface area contributed by atoms with E-state index in [0.717, 1.165) is 0 Å². The lowest BCUT2D eigenvalue weighted by Crippen LogP contribution is -2.37. The Hall–Kier alpha value is -1.60. The number of benzene rings is 1. The first kappa shape index (κ1) is 15.5. The Morgan fingerprint density at radius 1 is 1.37 bits per heavy atom. The number of aryl methyl sites for hydroxylation is 1. The van der Waals surface area contributed by atoms with Crippen LogP contribution in [0.5, 0.6) is 0 Å². The standard InChI is InChI=1S/C12H18N2O4S/c1-8(2)14(4)19(17,18)13-10-6-5-9(3)11(7-10)12(15)16/h5-8,13H,1-4H3,(H,15,16). The molecular formula is C12H18N2O4S. The second-order valence-corrected chi connectivity index (χ2v) is 6.28. The van der Waals surface area contributed by atoms with Crippen LogP contribution in [0.2, 0.25) is 0 Å². The lowest BCUT2D eigenvalue weighted by molar-refractivity contribution is 0.0696. The number of carboxylic acid groups (broad SMARTS) is 1. The van der Waals surface area contributed by atoms with E-state index in [0.29, 0.717) is 5.56 Å². The normalized spacial score (nSPS) is 11.9. The quantitative estimate of drug-likeness (QED) is 0.862. The lowest BCUT2D eigenvalue weighted by Gasteiger charge is -2.21. The fraction of sp³-hybridized carbons (Fsp3) is 0.417. The molecule has 0 aliphatic heterocycles. The van der Waals surface area contributed by atoms with E-state index in [-0.39, 0.29) is 17.3 Å². The van der Waals surface area contributed by atoms with E-state index in [4.69, 9.17) is 5.11 Å². The van der Waals surface area contributed by atoms with Crippen molar-refractivity contribution < 1.29 is 18.3 Å². The Kier molecular flexibility index (Phi) is 4.54. The highest BCUT2D eigenvalue weighted by Gasteiger charge is 2.20. The number of hydrogen-bond acceptors (Lipinski definition) is 3. The van der Waals surface area contributed by atoms with Crippen molar-refractivity contribution in [2.24, 2.45) is 0 Å². The van der Waals surface area contributed by atoms with Crippen LogP contribution >= 0.6 is 0 Å². The van der Waals surface area contributed by atoms with Crippen LogP contribution in [0.3, 0.4) is 0 Å². The summed E-state index contributed by atoms with van der Waals surface area (Å²) in [7, 11) is -2.22. The van der Waals surface area contributed by atoms with E-state index in [1.165, 1.54) is 23.5 Å². The van der Waals surface area contributed by atoms with Crippen LogP contribution in [0.1, 0.15) is 29.8 Å². The van der Waals surface area contributed by atoms with Crippen LogP contribution in [0.15, 0.2) is 18.2 Å². The highest BCUT2D eigenvalue weighted by Crippen LogP contribution is 2.17. The van der Waals surface area contributed by atoms with Gasteiger partial charge in [-0.2, -0.15) is 12.7 Å². The summed E-state index contributed by atoms with van der Waals surface area (Å²) in [6.07, 6.45) is 0. The Bertz CT molecular complexity index is 581. The maximum absolute atomic E-state index is 12.0. The number of nitrogens with zero attached hydrogens (tertiary/aromatic N) is 1. The minimum Gasteiger partial charge on any atom is -0.478 e. The van der Waals surface area contributed by atoms with Crippen LogP contribution in [0.4, 0.5) is 5.69 Å². The maximum Gasteiger partial charge on any atom is 0.336 e. The van der Waals surface area contributed by atoms with Gasteiger partial charge in [0.2, 0.25) is 0 Å². The Morgan fingerprint density at radius 2 is 1.95 bits per heavy atom. The molecule has 0 aliphatic carbocycles. The highest BCUT2D eigenvalue weighted by atomic mass is 32.2. The third-order valence-corrected chi connectivity index (χ3v) is 4.49. The van der Waals surface area contributed by atoms with Crippen molar-refractivity contribution in [2.45, 2.75) is 26.8 Å². The maximum atomic E-state index is 12.0. The molecule has 0 unspecified atom stereocenters. The van der Waals surface area contributed by atoms with E-state index < -0.39 is 16.2 Å². The van der Waals surface area contributed by atoms with Crippen molar-refractivity contribution in [1.29, 1.82) is 0 Å². The number of rotatable bonds is 5. The Morgan fingerprint density at radius 3 is 2.42 bits per heavy atom. The molecule has 0 heterocycles. The van der Waals surface area contributed by atoms with Crippen molar-refractivity contribution in [3.05, 3.63) is 29.3 Å². The van der Waals surface area contributed by atoms with Crippen LogP contribution in [-0.2, 0) is 10.2 Å². The molecule has 0 amide bonds. The number of carboxylic acids is 1. The molecular weight excluding hydrogens is 268 g/mol. The molecule has 0 spiro atoms. The monoisotopic (exact) mass is 286 g/mol. The molecule has 0 fully saturated rings. The predicted octanol–water partition coefficient (Wildman–Crippen LogP) is 1.69. The van der Waals surface area contributed by atoms with Gasteiger partial charge in [0.05, 0.1) is 11.3 Å². The third-order valence-electron chi connectivity index (χ3n) is 2.82. The van der Waals surface area contributed by atoms with Gasteiger partial charge in [-0.05, 0) is 38.5 Å². The van der Waals surface area contributed by atoms with Crippen molar-refractivity contribution in [1.82, 2.24) is 4.31 Å². The van der Waals surface area contributed by atoms with Gasteiger partial charge in [0.1, 0.15) is 0 Å². The number of carbonyl (C=O) groups is 1. The molecule has 6 nitrogen and oxygen atoms in total. The second kappa shape index (κ2) is 5.58. The summed E-state index contributed by atoms with van der Waals surface area (Å²) in [6, 6.07) is 4.22. The minimum atomic E-state index is -3.68. The van der Waals surface area contributed by atoms with Crippen molar-refractivity contribution in [3.63, 3.8) is 0 Å². The SMILES string of the molecule is Cc1ccc(NS(=O)(=O)N(C)C(C)C)cc1C(=O)O. The van der Waals surface area contributed by atoms with Gasteiger partial charge in [0.25, 0.3) is 0 Å². The predicted molar refractivity (Wildman–Crippen MR) is 73.6 cm³/mol. The summed E-state index contributed by atoms with van der Waals surface area (Å²) in [6.45, 7) is 5.15. The van der Waals surface area contributed by atoms with Crippen LogP contribution < -0.4 is 4.72 Å². The molecule has 0 atom stereocenters. The topological polar surface area (TPSA) is 86.7 Å². The summed E-state index contributed by atoms with van der Waals surface area (Å²) >= 11 is 0. The lowest BCUT2D eigenvalue weighted by atomic mass is 10.1. The zero-order valence-electron chi connectivity index (χ0n) is 11.3. The van der Waals surface area contributed by atoms with E-state index >= 15 is 0 Å². The van der Waals surface area contributed by atoms with E-state index in [1.54, 1.807) is 26.8 Å². The summed E-state index contributed by atoms with van der Waals surface area (Å²) in [5.41, 5.74) is 0.885. The van der Waals surface area contributed by atoms with Crippen molar-refractivity contribution in [2.75, 3.05) is 11.8 Å². The van der Waals surface area contributed by atoms with Crippen molar-refractivity contribution in [3.8, 4) is 0 Å². The molecule has 1 aromatic rings. The molecule has 19 heavy (non-hydrogen) atoms. The fourth-order valence-electron chi connectivity index (χ4n) is 1.41. The molecule has 2 N–H and O–H groups in total. The summed E-state index contributed by atoms with van der Waals surface area (Å²) in [5.74, 6) is -1.09. The van der Waals surface area contributed by atoms with Gasteiger partial charge >= 0.3 is 16.2 Å². The third kappa shape index (κ3) is 3.68. The molecule has 1 rings (SSSR count). The van der Waals surface area contributed by atoms with Crippen LogP contribution in [0.25, 0.3) is 0 Å². The number of hydrogen-bond donors (Lipinski definition) is 2. The second-order valence-electron chi connectivity index (χ2n) is 4.55. The van der Waals surface area contributed by atoms with E-state index in [9.17, 15) is 13.2 Å². The van der Waals surface area contributed by atoms with Gasteiger partial charge in [0.15, 0.2) is 0 Å². The van der Waals surface area contributed by atoms with E-state index in [2.05, 4.69) is 4.72 Å². The molecule has 0 bridgehead atoms. The fourth-order valence-corrected chi connectivity index (χ4v) is 2.54. The molecule has 0 aromatic heterocycles. The first-order valence-electron chi connectivity index (χ1n) is 5.75. The van der Waals surface area contributed by atoms with Gasteiger partial charge in [-0.1, -0.05) is 6.07 Å². The molecule has 0 radical (unpaired) electrons. The molecule has 7 heteroatoms. The number of anilines is 1. The van der Waals surface area contributed by atoms with Crippen molar-refractivity contribution >= 4 is 21.9 Å². The van der Waals surface area contributed by atoms with Gasteiger partial charge < -0.3 is 5.11 Å². The molecule has 0 saturated heterocycles. The molecule has 1 aromatic carbocycles.